The highest BCUT2D eigenvalue weighted by Crippen LogP contribution is 2.28. The fraction of sp³-hybridized carbons (Fsp3) is 0.423. The molecular formula is C26H31N5O2. The van der Waals surface area contributed by atoms with E-state index in [0.717, 1.165) is 54.3 Å². The van der Waals surface area contributed by atoms with Gasteiger partial charge in [0, 0.05) is 29.3 Å². The Labute approximate surface area is 194 Å². The van der Waals surface area contributed by atoms with Gasteiger partial charge in [-0.1, -0.05) is 38.2 Å². The van der Waals surface area contributed by atoms with Gasteiger partial charge >= 0.3 is 0 Å². The highest BCUT2D eigenvalue weighted by Gasteiger charge is 2.26. The van der Waals surface area contributed by atoms with Crippen LogP contribution in [0.15, 0.2) is 36.5 Å². The normalized spacial score (nSPS) is 15.3. The number of carbonyl (C=O) groups excluding carboxylic acids is 1. The van der Waals surface area contributed by atoms with E-state index in [1.165, 1.54) is 0 Å². The molecule has 1 aliphatic carbocycles. The fourth-order valence-electron chi connectivity index (χ4n) is 4.31. The van der Waals surface area contributed by atoms with Gasteiger partial charge in [-0.25, -0.2) is 4.98 Å². The average molecular weight is 446 g/mol. The van der Waals surface area contributed by atoms with Crippen molar-refractivity contribution in [3.63, 3.8) is 0 Å². The van der Waals surface area contributed by atoms with Crippen LogP contribution in [0.1, 0.15) is 63.6 Å². The molecule has 4 N–H and O–H groups in total. The number of anilines is 1. The van der Waals surface area contributed by atoms with Gasteiger partial charge in [-0.3, -0.25) is 9.36 Å². The van der Waals surface area contributed by atoms with Crippen molar-refractivity contribution in [1.29, 1.82) is 0 Å². The quantitative estimate of drug-likeness (QED) is 0.519. The molecule has 4 rings (SSSR count). The Morgan fingerprint density at radius 2 is 2.03 bits per heavy atom. The Morgan fingerprint density at radius 1 is 1.24 bits per heavy atom. The molecule has 172 valence electrons. The van der Waals surface area contributed by atoms with Crippen molar-refractivity contribution in [2.24, 2.45) is 5.92 Å². The Hall–Kier alpha value is -3.37. The van der Waals surface area contributed by atoms with Gasteiger partial charge in [-0.2, -0.15) is 4.98 Å². The minimum Gasteiger partial charge on any atom is -0.378 e. The molecule has 0 atom stereocenters. The van der Waals surface area contributed by atoms with Crippen molar-refractivity contribution in [3.05, 3.63) is 47.8 Å². The summed E-state index contributed by atoms with van der Waals surface area (Å²) < 4.78 is 1.98. The maximum atomic E-state index is 12.3. The number of nitrogens with one attached hydrogen (secondary N) is 1. The predicted molar refractivity (Wildman–Crippen MR) is 129 cm³/mol. The van der Waals surface area contributed by atoms with Crippen LogP contribution in [0.25, 0.3) is 16.7 Å². The number of hydrogen-bond acceptors (Lipinski definition) is 5. The molecule has 0 spiro atoms. The number of aromatic nitrogens is 3. The predicted octanol–water partition coefficient (Wildman–Crippen LogP) is 3.71. The number of fused-ring (bicyclic) bond motifs is 1. The van der Waals surface area contributed by atoms with Crippen LogP contribution >= 0.6 is 0 Å². The first kappa shape index (κ1) is 22.8. The summed E-state index contributed by atoms with van der Waals surface area (Å²) in [5.41, 5.74) is 7.56. The van der Waals surface area contributed by atoms with Crippen molar-refractivity contribution >= 4 is 22.8 Å². The molecule has 0 radical (unpaired) electrons. The van der Waals surface area contributed by atoms with Gasteiger partial charge in [0.15, 0.2) is 0 Å². The van der Waals surface area contributed by atoms with Gasteiger partial charge in [-0.05, 0) is 55.9 Å². The summed E-state index contributed by atoms with van der Waals surface area (Å²) in [4.78, 5) is 20.7. The molecule has 1 fully saturated rings. The lowest BCUT2D eigenvalue weighted by Gasteiger charge is -2.26. The lowest BCUT2D eigenvalue weighted by atomic mass is 9.85. The Balaban J connectivity index is 1.72. The Morgan fingerprint density at radius 3 is 2.76 bits per heavy atom. The topological polar surface area (TPSA) is 106 Å². The molecule has 1 aliphatic rings. The monoisotopic (exact) mass is 445 g/mol. The molecule has 2 aromatic heterocycles. The van der Waals surface area contributed by atoms with E-state index in [-0.39, 0.29) is 17.8 Å². The lowest BCUT2D eigenvalue weighted by Crippen LogP contribution is -2.29. The summed E-state index contributed by atoms with van der Waals surface area (Å²) in [5, 5.41) is 14.8. The maximum absolute atomic E-state index is 12.3. The minimum absolute atomic E-state index is 0.0105. The zero-order valence-electron chi connectivity index (χ0n) is 19.3. The van der Waals surface area contributed by atoms with Crippen LogP contribution in [0.3, 0.4) is 0 Å². The molecule has 2 heterocycles. The molecule has 0 saturated heterocycles. The Bertz CT molecular complexity index is 1210. The zero-order valence-corrected chi connectivity index (χ0v) is 19.3. The first-order valence-electron chi connectivity index (χ1n) is 11.6. The SMILES string of the molecule is CC(C)CC(=O)NCc1cc2ccc(C#CC3(O)CCCCC3)cc2n1-c1ccnc(N)n1. The maximum Gasteiger partial charge on any atom is 0.221 e. The summed E-state index contributed by atoms with van der Waals surface area (Å²) in [5.74, 6) is 7.39. The molecule has 1 saturated carbocycles. The third kappa shape index (κ3) is 5.52. The highest BCUT2D eigenvalue weighted by molar-refractivity contribution is 5.85. The number of nitrogens with zero attached hydrogens (tertiary/aromatic N) is 3. The van der Waals surface area contributed by atoms with Crippen molar-refractivity contribution in [2.45, 2.75) is 64.5 Å². The molecule has 7 heteroatoms. The van der Waals surface area contributed by atoms with E-state index in [1.807, 2.05) is 42.7 Å². The van der Waals surface area contributed by atoms with E-state index in [1.54, 1.807) is 12.3 Å². The van der Waals surface area contributed by atoms with Gasteiger partial charge in [-0.15, -0.1) is 0 Å². The number of hydrogen-bond donors (Lipinski definition) is 3. The van der Waals surface area contributed by atoms with Gasteiger partial charge < -0.3 is 16.2 Å². The summed E-state index contributed by atoms with van der Waals surface area (Å²) >= 11 is 0. The van der Waals surface area contributed by atoms with Crippen molar-refractivity contribution < 1.29 is 9.90 Å². The summed E-state index contributed by atoms with van der Waals surface area (Å²) in [6.45, 7) is 4.41. The van der Waals surface area contributed by atoms with E-state index in [0.29, 0.717) is 18.8 Å². The molecule has 1 amide bonds. The third-order valence-corrected chi connectivity index (χ3v) is 5.95. The number of nitrogens with two attached hydrogens (primary N) is 1. The van der Waals surface area contributed by atoms with Gasteiger partial charge in [0.05, 0.1) is 12.1 Å². The van der Waals surface area contributed by atoms with E-state index in [2.05, 4.69) is 27.1 Å². The van der Waals surface area contributed by atoms with Crippen LogP contribution in [-0.4, -0.2) is 31.1 Å². The molecule has 1 aromatic carbocycles. The number of benzene rings is 1. The highest BCUT2D eigenvalue weighted by atomic mass is 16.3. The van der Waals surface area contributed by atoms with Crippen LogP contribution in [0, 0.1) is 17.8 Å². The Kier molecular flexibility index (Phi) is 6.66. The summed E-state index contributed by atoms with van der Waals surface area (Å²) in [7, 11) is 0. The van der Waals surface area contributed by atoms with Crippen molar-refractivity contribution in [3.8, 4) is 17.7 Å². The molecule has 0 unspecified atom stereocenters. The molecule has 3 aromatic rings. The van der Waals surface area contributed by atoms with Crippen LogP contribution in [0.5, 0.6) is 0 Å². The first-order chi connectivity index (χ1) is 15.8. The molecule has 0 aliphatic heterocycles. The van der Waals surface area contributed by atoms with Gasteiger partial charge in [0.2, 0.25) is 11.9 Å². The standard InChI is InChI=1S/C26H31N5O2/c1-18(2)14-24(32)29-17-21-16-20-7-6-19(8-12-26(33)10-4-3-5-11-26)15-22(20)31(21)23-9-13-28-25(27)30-23/h6-7,9,13,15-16,18,33H,3-5,10-11,14,17H2,1-2H3,(H,29,32)(H2,27,28,30). The van der Waals surface area contributed by atoms with Crippen LogP contribution < -0.4 is 11.1 Å². The number of rotatable bonds is 5. The van der Waals surface area contributed by atoms with Crippen LogP contribution in [0.2, 0.25) is 0 Å². The van der Waals surface area contributed by atoms with E-state index in [4.69, 9.17) is 5.73 Å². The lowest BCUT2D eigenvalue weighted by molar-refractivity contribution is -0.121. The minimum atomic E-state index is -0.901. The number of nitrogen functional groups attached to an aromatic ring is 1. The molecular weight excluding hydrogens is 414 g/mol. The van der Waals surface area contributed by atoms with E-state index in [9.17, 15) is 9.90 Å². The van der Waals surface area contributed by atoms with Gasteiger partial charge in [0.1, 0.15) is 11.4 Å². The summed E-state index contributed by atoms with van der Waals surface area (Å²) in [6, 6.07) is 9.78. The fourth-order valence-corrected chi connectivity index (χ4v) is 4.31. The van der Waals surface area contributed by atoms with E-state index < -0.39 is 5.60 Å². The zero-order chi connectivity index (χ0) is 23.4. The third-order valence-electron chi connectivity index (χ3n) is 5.95. The average Bonchev–Trinajstić information content (AvgIpc) is 3.14. The first-order valence-corrected chi connectivity index (χ1v) is 11.6. The van der Waals surface area contributed by atoms with Gasteiger partial charge in [0.25, 0.3) is 0 Å². The molecule has 0 bridgehead atoms. The molecule has 33 heavy (non-hydrogen) atoms. The van der Waals surface area contributed by atoms with Crippen molar-refractivity contribution in [2.75, 3.05) is 5.73 Å². The number of aliphatic hydroxyl groups is 1. The second kappa shape index (κ2) is 9.63. The summed E-state index contributed by atoms with van der Waals surface area (Å²) in [6.07, 6.45) is 6.71. The largest absolute Gasteiger partial charge is 0.378 e. The number of carbonyl (C=O) groups is 1. The smallest absolute Gasteiger partial charge is 0.221 e. The van der Waals surface area contributed by atoms with Crippen LogP contribution in [-0.2, 0) is 11.3 Å². The van der Waals surface area contributed by atoms with Crippen LogP contribution in [0.4, 0.5) is 5.95 Å². The van der Waals surface area contributed by atoms with Crippen molar-refractivity contribution in [1.82, 2.24) is 19.9 Å². The van der Waals surface area contributed by atoms with E-state index >= 15 is 0 Å². The molecule has 7 nitrogen and oxygen atoms in total. The second-order valence-electron chi connectivity index (χ2n) is 9.23. The number of amides is 1. The second-order valence-corrected chi connectivity index (χ2v) is 9.23.